The lowest BCUT2D eigenvalue weighted by atomic mass is 10.1. The number of hydrogen-bond donors (Lipinski definition) is 1. The Balaban J connectivity index is 2.07. The number of carboxylic acid groups (broad SMARTS) is 1. The summed E-state index contributed by atoms with van der Waals surface area (Å²) < 4.78 is 6.43. The first-order valence-electron chi connectivity index (χ1n) is 9.83. The quantitative estimate of drug-likeness (QED) is 0.383. The first kappa shape index (κ1) is 20.4. The minimum Gasteiger partial charge on any atom is -0.481 e. The fourth-order valence-electron chi connectivity index (χ4n) is 3.56. The molecular formula is C19H38NO3+. The second-order valence-electron chi connectivity index (χ2n) is 7.17. The summed E-state index contributed by atoms with van der Waals surface area (Å²) in [6.45, 7) is 7.73. The molecule has 0 spiro atoms. The van der Waals surface area contributed by atoms with Gasteiger partial charge in [0, 0.05) is 0 Å². The van der Waals surface area contributed by atoms with Crippen molar-refractivity contribution in [1.82, 2.24) is 0 Å². The molecule has 0 radical (unpaired) electrons. The minimum absolute atomic E-state index is 0.289. The van der Waals surface area contributed by atoms with Gasteiger partial charge in [0.15, 0.2) is 0 Å². The van der Waals surface area contributed by atoms with Crippen molar-refractivity contribution in [2.24, 2.45) is 0 Å². The molecule has 0 aromatic carbocycles. The van der Waals surface area contributed by atoms with Gasteiger partial charge in [-0.1, -0.05) is 58.3 Å². The summed E-state index contributed by atoms with van der Waals surface area (Å²) in [7, 11) is 0. The second kappa shape index (κ2) is 12.8. The van der Waals surface area contributed by atoms with Crippen LogP contribution in [0, 0.1) is 0 Å². The van der Waals surface area contributed by atoms with Crippen molar-refractivity contribution < 1.29 is 19.1 Å². The Morgan fingerprint density at radius 2 is 1.39 bits per heavy atom. The van der Waals surface area contributed by atoms with Gasteiger partial charge in [-0.25, -0.2) is 0 Å². The molecule has 0 aromatic heterocycles. The molecule has 23 heavy (non-hydrogen) atoms. The van der Waals surface area contributed by atoms with E-state index in [9.17, 15) is 4.79 Å². The van der Waals surface area contributed by atoms with Crippen molar-refractivity contribution in [3.8, 4) is 0 Å². The average molecular weight is 329 g/mol. The summed E-state index contributed by atoms with van der Waals surface area (Å²) in [5.41, 5.74) is 0. The van der Waals surface area contributed by atoms with Crippen LogP contribution in [0.4, 0.5) is 0 Å². The Labute approximate surface area is 142 Å². The van der Waals surface area contributed by atoms with Gasteiger partial charge in [-0.15, -0.1) is 0 Å². The number of ether oxygens (including phenoxy) is 1. The first-order chi connectivity index (χ1) is 11.2. The van der Waals surface area contributed by atoms with E-state index < -0.39 is 5.97 Å². The maximum absolute atomic E-state index is 10.9. The van der Waals surface area contributed by atoms with Gasteiger partial charge < -0.3 is 14.3 Å². The normalized spacial score (nSPS) is 17.3. The molecule has 1 rings (SSSR count). The number of hydrogen-bond acceptors (Lipinski definition) is 2. The number of unbranched alkanes of at least 4 members (excludes halogenated alkanes) is 9. The third-order valence-corrected chi connectivity index (χ3v) is 5.21. The van der Waals surface area contributed by atoms with Gasteiger partial charge in [0.2, 0.25) is 0 Å². The number of carbonyl (C=O) groups is 1. The number of morpholine rings is 1. The van der Waals surface area contributed by atoms with E-state index >= 15 is 0 Å². The van der Waals surface area contributed by atoms with Crippen LogP contribution in [0.3, 0.4) is 0 Å². The van der Waals surface area contributed by atoms with Gasteiger partial charge in [0.1, 0.15) is 13.1 Å². The number of rotatable bonds is 14. The molecule has 4 nitrogen and oxygen atoms in total. The number of nitrogens with zero attached hydrogens (tertiary/aromatic N) is 1. The molecule has 1 saturated heterocycles. The summed E-state index contributed by atoms with van der Waals surface area (Å²) in [5, 5.41) is 8.96. The average Bonchev–Trinajstić information content (AvgIpc) is 2.56. The molecule has 1 heterocycles. The van der Waals surface area contributed by atoms with Crippen LogP contribution < -0.4 is 0 Å². The standard InChI is InChI=1S/C19H37NO3/c1-2-3-4-5-6-7-8-9-10-11-13-20(14-12-19(21)22)15-17-23-18-16-20/h2-18H2,1H3/p+1. The third-order valence-electron chi connectivity index (χ3n) is 5.21. The predicted molar refractivity (Wildman–Crippen MR) is 94.6 cm³/mol. The summed E-state index contributed by atoms with van der Waals surface area (Å²) in [5.74, 6) is -0.669. The molecule has 0 aromatic rings. The maximum Gasteiger partial charge on any atom is 0.309 e. The highest BCUT2D eigenvalue weighted by atomic mass is 16.5. The molecule has 0 atom stereocenters. The summed E-state index contributed by atoms with van der Waals surface area (Å²) in [6.07, 6.45) is 13.8. The van der Waals surface area contributed by atoms with E-state index in [4.69, 9.17) is 9.84 Å². The Bertz CT molecular complexity index is 301. The Kier molecular flexibility index (Phi) is 11.3. The number of quaternary nitrogens is 1. The van der Waals surface area contributed by atoms with E-state index in [1.165, 1.54) is 64.2 Å². The third kappa shape index (κ3) is 9.98. The van der Waals surface area contributed by atoms with Gasteiger partial charge in [-0.2, -0.15) is 0 Å². The van der Waals surface area contributed by atoms with Crippen LogP contribution in [-0.4, -0.2) is 55.0 Å². The van der Waals surface area contributed by atoms with Crippen LogP contribution >= 0.6 is 0 Å². The van der Waals surface area contributed by atoms with Crippen molar-refractivity contribution in [2.75, 3.05) is 39.4 Å². The molecule has 136 valence electrons. The van der Waals surface area contributed by atoms with Gasteiger partial charge in [-0.05, 0) is 12.8 Å². The zero-order chi connectivity index (χ0) is 16.8. The van der Waals surface area contributed by atoms with Crippen LogP contribution in [0.2, 0.25) is 0 Å². The van der Waals surface area contributed by atoms with Gasteiger partial charge >= 0.3 is 5.97 Å². The number of carboxylic acids is 1. The monoisotopic (exact) mass is 328 g/mol. The molecule has 1 N–H and O–H groups in total. The van der Waals surface area contributed by atoms with Crippen LogP contribution in [0.15, 0.2) is 0 Å². The fourth-order valence-corrected chi connectivity index (χ4v) is 3.56. The van der Waals surface area contributed by atoms with E-state index in [1.54, 1.807) is 0 Å². The van der Waals surface area contributed by atoms with Gasteiger partial charge in [0.25, 0.3) is 0 Å². The van der Waals surface area contributed by atoms with Crippen LogP contribution in [0.5, 0.6) is 0 Å². The Hall–Kier alpha value is -0.610. The molecule has 4 heteroatoms. The molecule has 0 saturated carbocycles. The molecule has 1 aliphatic rings. The van der Waals surface area contributed by atoms with Crippen LogP contribution in [0.25, 0.3) is 0 Å². The molecule has 1 fully saturated rings. The minimum atomic E-state index is -0.669. The lowest BCUT2D eigenvalue weighted by molar-refractivity contribution is -0.934. The van der Waals surface area contributed by atoms with Crippen molar-refractivity contribution in [3.63, 3.8) is 0 Å². The number of aliphatic carboxylic acids is 1. The van der Waals surface area contributed by atoms with E-state index in [1.807, 2.05) is 0 Å². The lowest BCUT2D eigenvalue weighted by Gasteiger charge is -2.41. The highest BCUT2D eigenvalue weighted by molar-refractivity contribution is 5.66. The van der Waals surface area contributed by atoms with E-state index in [0.29, 0.717) is 0 Å². The second-order valence-corrected chi connectivity index (χ2v) is 7.17. The van der Waals surface area contributed by atoms with Crippen molar-refractivity contribution in [3.05, 3.63) is 0 Å². The van der Waals surface area contributed by atoms with Crippen molar-refractivity contribution in [2.45, 2.75) is 77.6 Å². The topological polar surface area (TPSA) is 46.5 Å². The van der Waals surface area contributed by atoms with E-state index in [2.05, 4.69) is 6.92 Å². The Morgan fingerprint density at radius 3 is 1.91 bits per heavy atom. The smallest absolute Gasteiger partial charge is 0.309 e. The first-order valence-corrected chi connectivity index (χ1v) is 9.83. The fraction of sp³-hybridized carbons (Fsp3) is 0.947. The molecule has 0 unspecified atom stereocenters. The molecule has 0 amide bonds. The summed E-state index contributed by atoms with van der Waals surface area (Å²) in [4.78, 5) is 10.9. The molecule has 0 bridgehead atoms. The largest absolute Gasteiger partial charge is 0.481 e. The lowest BCUT2D eigenvalue weighted by Crippen LogP contribution is -2.56. The summed E-state index contributed by atoms with van der Waals surface area (Å²) >= 11 is 0. The molecule has 0 aliphatic carbocycles. The van der Waals surface area contributed by atoms with Crippen molar-refractivity contribution in [1.29, 1.82) is 0 Å². The maximum atomic E-state index is 10.9. The highest BCUT2D eigenvalue weighted by Gasteiger charge is 2.30. The van der Waals surface area contributed by atoms with Gasteiger partial charge in [0.05, 0.1) is 32.7 Å². The molecule has 1 aliphatic heterocycles. The SMILES string of the molecule is CCCCCCCCCCCC[N+]1(CCC(=O)O)CCOCC1. The zero-order valence-corrected chi connectivity index (χ0v) is 15.2. The van der Waals surface area contributed by atoms with E-state index in [-0.39, 0.29) is 6.42 Å². The van der Waals surface area contributed by atoms with Crippen LogP contribution in [-0.2, 0) is 9.53 Å². The zero-order valence-electron chi connectivity index (χ0n) is 15.2. The Morgan fingerprint density at radius 1 is 0.870 bits per heavy atom. The van der Waals surface area contributed by atoms with Gasteiger partial charge in [-0.3, -0.25) is 4.79 Å². The molecular weight excluding hydrogens is 290 g/mol. The van der Waals surface area contributed by atoms with Crippen LogP contribution in [0.1, 0.15) is 77.6 Å². The summed E-state index contributed by atoms with van der Waals surface area (Å²) in [6, 6.07) is 0. The highest BCUT2D eigenvalue weighted by Crippen LogP contribution is 2.16. The van der Waals surface area contributed by atoms with E-state index in [0.717, 1.165) is 43.9 Å². The predicted octanol–water partition coefficient (Wildman–Crippen LogP) is 4.23. The van der Waals surface area contributed by atoms with Crippen molar-refractivity contribution >= 4 is 5.97 Å².